The Morgan fingerprint density at radius 1 is 0.929 bits per heavy atom. The highest BCUT2D eigenvalue weighted by Crippen LogP contribution is 2.43. The monoisotopic (exact) mass is 383 g/mol. The Balaban J connectivity index is 1.66. The van der Waals surface area contributed by atoms with Gasteiger partial charge in [0.1, 0.15) is 12.4 Å². The molecular weight excluding hydrogens is 363 g/mol. The number of halogens is 3. The molecule has 2 N–H and O–H groups in total. The molecule has 144 valence electrons. The van der Waals surface area contributed by atoms with Gasteiger partial charge in [0.05, 0.1) is 5.56 Å². The van der Waals surface area contributed by atoms with Crippen LogP contribution in [-0.4, -0.2) is 6.04 Å². The second-order valence-corrected chi connectivity index (χ2v) is 7.11. The molecule has 3 aromatic rings. The molecule has 4 rings (SSSR count). The Kier molecular flexibility index (Phi) is 4.85. The molecule has 0 aliphatic heterocycles. The van der Waals surface area contributed by atoms with Crippen LogP contribution in [0.1, 0.15) is 29.0 Å². The summed E-state index contributed by atoms with van der Waals surface area (Å²) >= 11 is 0. The van der Waals surface area contributed by atoms with Gasteiger partial charge in [-0.1, -0.05) is 48.5 Å². The third kappa shape index (κ3) is 4.04. The van der Waals surface area contributed by atoms with Crippen molar-refractivity contribution >= 4 is 0 Å². The van der Waals surface area contributed by atoms with Crippen LogP contribution in [0.15, 0.2) is 72.8 Å². The van der Waals surface area contributed by atoms with Crippen molar-refractivity contribution in [3.8, 4) is 16.9 Å². The average Bonchev–Trinajstić information content (AvgIpc) is 3.43. The lowest BCUT2D eigenvalue weighted by molar-refractivity contribution is -0.137. The van der Waals surface area contributed by atoms with Gasteiger partial charge in [0.2, 0.25) is 0 Å². The summed E-state index contributed by atoms with van der Waals surface area (Å²) < 4.78 is 44.7. The van der Waals surface area contributed by atoms with E-state index in [0.29, 0.717) is 23.8 Å². The number of hydrogen-bond donors (Lipinski definition) is 1. The maximum absolute atomic E-state index is 12.9. The van der Waals surface area contributed by atoms with Gasteiger partial charge in [-0.05, 0) is 47.4 Å². The maximum Gasteiger partial charge on any atom is 0.416 e. The summed E-state index contributed by atoms with van der Waals surface area (Å²) in [6.45, 7) is 0.386. The fourth-order valence-corrected chi connectivity index (χ4v) is 3.30. The van der Waals surface area contributed by atoms with Crippen molar-refractivity contribution in [3.63, 3.8) is 0 Å². The summed E-state index contributed by atoms with van der Waals surface area (Å²) in [7, 11) is 0. The van der Waals surface area contributed by atoms with E-state index in [2.05, 4.69) is 0 Å². The first kappa shape index (κ1) is 18.6. The van der Waals surface area contributed by atoms with Gasteiger partial charge in [0.15, 0.2) is 0 Å². The molecular formula is C23H20F3NO. The van der Waals surface area contributed by atoms with Crippen LogP contribution in [-0.2, 0) is 12.8 Å². The van der Waals surface area contributed by atoms with Crippen molar-refractivity contribution in [1.82, 2.24) is 0 Å². The Morgan fingerprint density at radius 3 is 2.21 bits per heavy atom. The second kappa shape index (κ2) is 7.32. The third-order valence-electron chi connectivity index (χ3n) is 5.03. The molecule has 0 heterocycles. The van der Waals surface area contributed by atoms with Crippen LogP contribution in [0.2, 0.25) is 0 Å². The van der Waals surface area contributed by atoms with E-state index >= 15 is 0 Å². The number of alkyl halides is 3. The molecule has 5 heteroatoms. The molecule has 0 bridgehead atoms. The minimum absolute atomic E-state index is 0.150. The minimum atomic E-state index is -4.35. The maximum atomic E-state index is 12.9. The quantitative estimate of drug-likeness (QED) is 0.607. The first-order chi connectivity index (χ1) is 13.4. The largest absolute Gasteiger partial charge is 0.488 e. The third-order valence-corrected chi connectivity index (χ3v) is 5.03. The highest BCUT2D eigenvalue weighted by Gasteiger charge is 2.35. The second-order valence-electron chi connectivity index (χ2n) is 7.11. The first-order valence-corrected chi connectivity index (χ1v) is 9.16. The molecule has 0 radical (unpaired) electrons. The van der Waals surface area contributed by atoms with E-state index in [-0.39, 0.29) is 6.04 Å². The lowest BCUT2D eigenvalue weighted by atomic mass is 9.98. The molecule has 3 aromatic carbocycles. The lowest BCUT2D eigenvalue weighted by Gasteiger charge is -2.15. The minimum Gasteiger partial charge on any atom is -0.488 e. The van der Waals surface area contributed by atoms with Crippen LogP contribution >= 0.6 is 0 Å². The van der Waals surface area contributed by atoms with Gasteiger partial charge in [-0.2, -0.15) is 13.2 Å². The molecule has 2 atom stereocenters. The van der Waals surface area contributed by atoms with E-state index in [1.165, 1.54) is 12.1 Å². The molecule has 0 saturated heterocycles. The highest BCUT2D eigenvalue weighted by atomic mass is 19.4. The predicted octanol–water partition coefficient (Wildman–Crippen LogP) is 5.77. The number of ether oxygens (including phenoxy) is 1. The van der Waals surface area contributed by atoms with E-state index in [4.69, 9.17) is 10.5 Å². The Labute approximate surface area is 161 Å². The zero-order valence-corrected chi connectivity index (χ0v) is 15.1. The molecule has 1 aliphatic rings. The van der Waals surface area contributed by atoms with E-state index < -0.39 is 11.7 Å². The molecule has 2 unspecified atom stereocenters. The van der Waals surface area contributed by atoms with Gasteiger partial charge in [0.25, 0.3) is 0 Å². The van der Waals surface area contributed by atoms with Gasteiger partial charge >= 0.3 is 6.18 Å². The van der Waals surface area contributed by atoms with Crippen molar-refractivity contribution in [2.75, 3.05) is 0 Å². The number of rotatable bonds is 5. The number of hydrogen-bond acceptors (Lipinski definition) is 2. The molecule has 0 spiro atoms. The Bertz CT molecular complexity index is 952. The molecule has 1 aliphatic carbocycles. The lowest BCUT2D eigenvalue weighted by Crippen LogP contribution is -2.04. The summed E-state index contributed by atoms with van der Waals surface area (Å²) in [6, 6.07) is 20.9. The number of nitrogens with two attached hydrogens (primary N) is 1. The van der Waals surface area contributed by atoms with Gasteiger partial charge < -0.3 is 10.5 Å². The standard InChI is InChI=1S/C23H20F3NO/c24-23(25,26)18-9-6-16(7-10-18)20-12-17(19-13-21(19)27)8-11-22(20)28-14-15-4-2-1-3-5-15/h1-12,19,21H,13-14,27H2. The van der Waals surface area contributed by atoms with Crippen LogP contribution in [0.4, 0.5) is 13.2 Å². The summed E-state index contributed by atoms with van der Waals surface area (Å²) in [4.78, 5) is 0. The summed E-state index contributed by atoms with van der Waals surface area (Å²) in [6.07, 6.45) is -3.43. The zero-order valence-electron chi connectivity index (χ0n) is 15.1. The van der Waals surface area contributed by atoms with Crippen molar-refractivity contribution in [3.05, 3.63) is 89.5 Å². The summed E-state index contributed by atoms with van der Waals surface area (Å²) in [5.74, 6) is 0.943. The van der Waals surface area contributed by atoms with Gasteiger partial charge in [-0.25, -0.2) is 0 Å². The van der Waals surface area contributed by atoms with Crippen LogP contribution in [0, 0.1) is 0 Å². The Hall–Kier alpha value is -2.79. The van der Waals surface area contributed by atoms with E-state index in [9.17, 15) is 13.2 Å². The molecule has 1 saturated carbocycles. The van der Waals surface area contributed by atoms with E-state index in [1.807, 2.05) is 48.5 Å². The van der Waals surface area contributed by atoms with Crippen molar-refractivity contribution in [2.45, 2.75) is 31.2 Å². The number of benzene rings is 3. The molecule has 2 nitrogen and oxygen atoms in total. The fraction of sp³-hybridized carbons (Fsp3) is 0.217. The van der Waals surface area contributed by atoms with Gasteiger partial charge in [-0.3, -0.25) is 0 Å². The summed E-state index contributed by atoms with van der Waals surface area (Å²) in [5, 5.41) is 0. The van der Waals surface area contributed by atoms with Crippen molar-refractivity contribution in [1.29, 1.82) is 0 Å². The van der Waals surface area contributed by atoms with Crippen LogP contribution in [0.3, 0.4) is 0 Å². The summed E-state index contributed by atoms with van der Waals surface area (Å²) in [5.41, 5.74) is 8.89. The van der Waals surface area contributed by atoms with E-state index in [1.54, 1.807) is 0 Å². The molecule has 28 heavy (non-hydrogen) atoms. The van der Waals surface area contributed by atoms with Crippen LogP contribution in [0.25, 0.3) is 11.1 Å². The van der Waals surface area contributed by atoms with Crippen molar-refractivity contribution in [2.24, 2.45) is 5.73 Å². The molecule has 1 fully saturated rings. The smallest absolute Gasteiger partial charge is 0.416 e. The van der Waals surface area contributed by atoms with Crippen LogP contribution in [0.5, 0.6) is 5.75 Å². The van der Waals surface area contributed by atoms with Crippen LogP contribution < -0.4 is 10.5 Å². The zero-order chi connectivity index (χ0) is 19.7. The average molecular weight is 383 g/mol. The Morgan fingerprint density at radius 2 is 1.61 bits per heavy atom. The van der Waals surface area contributed by atoms with Gasteiger partial charge in [0, 0.05) is 17.5 Å². The first-order valence-electron chi connectivity index (χ1n) is 9.16. The van der Waals surface area contributed by atoms with Crippen molar-refractivity contribution < 1.29 is 17.9 Å². The normalized spacial score (nSPS) is 18.7. The molecule has 0 aromatic heterocycles. The highest BCUT2D eigenvalue weighted by molar-refractivity contribution is 5.72. The topological polar surface area (TPSA) is 35.2 Å². The SMILES string of the molecule is NC1CC1c1ccc(OCc2ccccc2)c(-c2ccc(C(F)(F)F)cc2)c1. The molecule has 0 amide bonds. The fourth-order valence-electron chi connectivity index (χ4n) is 3.30. The predicted molar refractivity (Wildman–Crippen MR) is 103 cm³/mol. The van der Waals surface area contributed by atoms with E-state index in [0.717, 1.165) is 35.2 Å². The van der Waals surface area contributed by atoms with Gasteiger partial charge in [-0.15, -0.1) is 0 Å².